The van der Waals surface area contributed by atoms with E-state index in [0.717, 1.165) is 10.6 Å². The van der Waals surface area contributed by atoms with E-state index in [4.69, 9.17) is 4.74 Å². The molecule has 25 heavy (non-hydrogen) atoms. The van der Waals surface area contributed by atoms with Gasteiger partial charge in [0.15, 0.2) is 0 Å². The van der Waals surface area contributed by atoms with Crippen LogP contribution in [0.1, 0.15) is 17.9 Å². The van der Waals surface area contributed by atoms with Crippen LogP contribution in [0.25, 0.3) is 0 Å². The zero-order valence-corrected chi connectivity index (χ0v) is 14.8. The highest BCUT2D eigenvalue weighted by molar-refractivity contribution is 7.99. The lowest BCUT2D eigenvalue weighted by molar-refractivity contribution is -0.138. The van der Waals surface area contributed by atoms with E-state index in [-0.39, 0.29) is 12.5 Å². The number of nitrogens with one attached hydrogen (secondary N) is 1. The van der Waals surface area contributed by atoms with Crippen LogP contribution in [0.3, 0.4) is 0 Å². The maximum atomic E-state index is 12.0. The molecule has 0 radical (unpaired) electrons. The topological polar surface area (TPSA) is 75.6 Å². The number of methoxy groups -OCH3 is 1. The van der Waals surface area contributed by atoms with E-state index >= 15 is 0 Å². The quantitative estimate of drug-likeness (QED) is 0.673. The Labute approximate surface area is 151 Å². The second-order valence-corrected chi connectivity index (χ2v) is 6.55. The lowest BCUT2D eigenvalue weighted by atomic mass is 9.99. The molecule has 5 nitrogen and oxygen atoms in total. The molecule has 1 amide bonds. The summed E-state index contributed by atoms with van der Waals surface area (Å²) in [5, 5.41) is 12.1. The number of aliphatic carboxylic acids is 1. The fourth-order valence-corrected chi connectivity index (χ4v) is 3.12. The Balaban J connectivity index is 1.76. The van der Waals surface area contributed by atoms with Gasteiger partial charge in [0, 0.05) is 23.6 Å². The Morgan fingerprint density at radius 1 is 1.12 bits per heavy atom. The third-order valence-corrected chi connectivity index (χ3v) is 4.67. The number of hydrogen-bond acceptors (Lipinski definition) is 4. The van der Waals surface area contributed by atoms with Gasteiger partial charge in [-0.25, -0.2) is 0 Å². The van der Waals surface area contributed by atoms with Gasteiger partial charge in [-0.05, 0) is 29.8 Å². The molecular weight excluding hydrogens is 338 g/mol. The van der Waals surface area contributed by atoms with Crippen molar-refractivity contribution in [2.45, 2.75) is 17.2 Å². The first-order valence-electron chi connectivity index (χ1n) is 7.91. The molecule has 0 bridgehead atoms. The minimum atomic E-state index is -0.945. The van der Waals surface area contributed by atoms with Crippen LogP contribution in [0, 0.1) is 0 Å². The van der Waals surface area contributed by atoms with E-state index < -0.39 is 11.9 Å². The molecule has 0 aliphatic rings. The minimum Gasteiger partial charge on any atom is -0.497 e. The van der Waals surface area contributed by atoms with Crippen molar-refractivity contribution in [2.75, 3.05) is 19.4 Å². The van der Waals surface area contributed by atoms with Crippen LogP contribution in [0.15, 0.2) is 59.5 Å². The van der Waals surface area contributed by atoms with Gasteiger partial charge in [-0.1, -0.05) is 30.3 Å². The number of hydrogen-bond donors (Lipinski definition) is 2. The first kappa shape index (κ1) is 18.9. The summed E-state index contributed by atoms with van der Waals surface area (Å²) in [6.45, 7) is 0.0887. The zero-order chi connectivity index (χ0) is 18.1. The summed E-state index contributed by atoms with van der Waals surface area (Å²) in [6, 6.07) is 16.6. The number of carboxylic acids is 1. The number of carboxylic acid groups (broad SMARTS) is 1. The van der Waals surface area contributed by atoms with E-state index in [0.29, 0.717) is 17.7 Å². The van der Waals surface area contributed by atoms with Crippen molar-refractivity contribution in [2.24, 2.45) is 0 Å². The van der Waals surface area contributed by atoms with Crippen molar-refractivity contribution in [3.63, 3.8) is 0 Å². The molecule has 2 aromatic rings. The fraction of sp³-hybridized carbons (Fsp3) is 0.263. The standard InChI is InChI=1S/C19H21NO4S/c1-24-15-7-9-16(10-8-15)25-12-11-18(21)20-13-17(19(22)23)14-5-3-2-4-6-14/h2-10,17H,11-13H2,1H3,(H,20,21)(H,22,23). The Kier molecular flexibility index (Phi) is 7.35. The molecule has 2 N–H and O–H groups in total. The zero-order valence-electron chi connectivity index (χ0n) is 14.0. The monoisotopic (exact) mass is 359 g/mol. The smallest absolute Gasteiger partial charge is 0.312 e. The second kappa shape index (κ2) is 9.74. The third kappa shape index (κ3) is 6.15. The van der Waals surface area contributed by atoms with Crippen molar-refractivity contribution in [3.05, 3.63) is 60.2 Å². The van der Waals surface area contributed by atoms with Crippen LogP contribution in [-0.4, -0.2) is 36.4 Å². The van der Waals surface area contributed by atoms with Gasteiger partial charge in [0.05, 0.1) is 13.0 Å². The van der Waals surface area contributed by atoms with E-state index in [1.54, 1.807) is 43.1 Å². The molecule has 6 heteroatoms. The molecule has 0 saturated carbocycles. The van der Waals surface area contributed by atoms with Gasteiger partial charge in [0.1, 0.15) is 5.75 Å². The first-order valence-corrected chi connectivity index (χ1v) is 8.90. The molecule has 132 valence electrons. The lowest BCUT2D eigenvalue weighted by Gasteiger charge is -2.13. The highest BCUT2D eigenvalue weighted by Gasteiger charge is 2.20. The SMILES string of the molecule is COc1ccc(SCCC(=O)NCC(C(=O)O)c2ccccc2)cc1. The number of amides is 1. The molecule has 0 aliphatic heterocycles. The highest BCUT2D eigenvalue weighted by Crippen LogP contribution is 2.22. The Hall–Kier alpha value is -2.47. The molecule has 0 heterocycles. The summed E-state index contributed by atoms with van der Waals surface area (Å²) in [5.41, 5.74) is 0.683. The van der Waals surface area contributed by atoms with Crippen LogP contribution in [0.5, 0.6) is 5.75 Å². The largest absolute Gasteiger partial charge is 0.497 e. The van der Waals surface area contributed by atoms with E-state index in [9.17, 15) is 14.7 Å². The van der Waals surface area contributed by atoms with Crippen molar-refractivity contribution >= 4 is 23.6 Å². The third-order valence-electron chi connectivity index (χ3n) is 3.66. The number of carbonyl (C=O) groups excluding carboxylic acids is 1. The van der Waals surface area contributed by atoms with Crippen LogP contribution < -0.4 is 10.1 Å². The lowest BCUT2D eigenvalue weighted by Crippen LogP contribution is -2.31. The van der Waals surface area contributed by atoms with Crippen molar-refractivity contribution in [1.29, 1.82) is 0 Å². The average molecular weight is 359 g/mol. The minimum absolute atomic E-state index is 0.0887. The number of ether oxygens (including phenoxy) is 1. The van der Waals surface area contributed by atoms with Gasteiger partial charge >= 0.3 is 5.97 Å². The van der Waals surface area contributed by atoms with E-state index in [1.165, 1.54) is 0 Å². The molecular formula is C19H21NO4S. The number of thioether (sulfide) groups is 1. The van der Waals surface area contributed by atoms with Gasteiger partial charge in [-0.3, -0.25) is 9.59 Å². The van der Waals surface area contributed by atoms with Crippen molar-refractivity contribution in [3.8, 4) is 5.75 Å². The van der Waals surface area contributed by atoms with Gasteiger partial charge in [-0.2, -0.15) is 0 Å². The summed E-state index contributed by atoms with van der Waals surface area (Å²) in [7, 11) is 1.62. The highest BCUT2D eigenvalue weighted by atomic mass is 32.2. The fourth-order valence-electron chi connectivity index (χ4n) is 2.27. The molecule has 1 unspecified atom stereocenters. The molecule has 1 atom stereocenters. The molecule has 2 rings (SSSR count). The van der Waals surface area contributed by atoms with Gasteiger partial charge in [0.2, 0.25) is 5.91 Å². The number of rotatable bonds is 9. The molecule has 0 aromatic heterocycles. The van der Waals surface area contributed by atoms with Gasteiger partial charge in [0.25, 0.3) is 0 Å². The Morgan fingerprint density at radius 3 is 2.40 bits per heavy atom. The molecule has 0 fully saturated rings. The molecule has 0 saturated heterocycles. The van der Waals surface area contributed by atoms with Crippen LogP contribution in [-0.2, 0) is 9.59 Å². The van der Waals surface area contributed by atoms with Gasteiger partial charge in [-0.15, -0.1) is 11.8 Å². The number of carbonyl (C=O) groups is 2. The van der Waals surface area contributed by atoms with E-state index in [1.807, 2.05) is 30.3 Å². The predicted molar refractivity (Wildman–Crippen MR) is 98.2 cm³/mol. The number of benzene rings is 2. The normalized spacial score (nSPS) is 11.6. The maximum absolute atomic E-state index is 12.0. The van der Waals surface area contributed by atoms with E-state index in [2.05, 4.69) is 5.32 Å². The molecule has 0 aliphatic carbocycles. The van der Waals surface area contributed by atoms with Gasteiger partial charge < -0.3 is 15.2 Å². The second-order valence-electron chi connectivity index (χ2n) is 5.38. The maximum Gasteiger partial charge on any atom is 0.312 e. The van der Waals surface area contributed by atoms with Crippen LogP contribution in [0.2, 0.25) is 0 Å². The van der Waals surface area contributed by atoms with Crippen molar-refractivity contribution in [1.82, 2.24) is 5.32 Å². The first-order chi connectivity index (χ1) is 12.1. The summed E-state index contributed by atoms with van der Waals surface area (Å²) >= 11 is 1.57. The summed E-state index contributed by atoms with van der Waals surface area (Å²) < 4.78 is 5.10. The Bertz CT molecular complexity index is 688. The molecule has 0 spiro atoms. The summed E-state index contributed by atoms with van der Waals surface area (Å²) in [5.74, 6) is -0.411. The molecule has 2 aromatic carbocycles. The summed E-state index contributed by atoms with van der Waals surface area (Å²) in [4.78, 5) is 24.4. The van der Waals surface area contributed by atoms with Crippen molar-refractivity contribution < 1.29 is 19.4 Å². The predicted octanol–water partition coefficient (Wildman–Crippen LogP) is 3.16. The van der Waals surface area contributed by atoms with Crippen LogP contribution >= 0.6 is 11.8 Å². The Morgan fingerprint density at radius 2 is 1.80 bits per heavy atom. The van der Waals surface area contributed by atoms with Crippen LogP contribution in [0.4, 0.5) is 0 Å². The average Bonchev–Trinajstić information content (AvgIpc) is 2.63. The summed E-state index contributed by atoms with van der Waals surface area (Å²) in [6.07, 6.45) is 0.331.